The SMILES string of the molecule is CCCN(Cc1ccc(OC)cc1)C[C@H](O)COCc1ccccc1. The smallest absolute Gasteiger partial charge is 0.118 e. The first kappa shape index (κ1) is 19.4. The monoisotopic (exact) mass is 343 g/mol. The van der Waals surface area contributed by atoms with Crippen molar-refractivity contribution >= 4 is 0 Å². The summed E-state index contributed by atoms with van der Waals surface area (Å²) in [6.07, 6.45) is 0.557. The molecule has 0 aromatic heterocycles. The van der Waals surface area contributed by atoms with Gasteiger partial charge in [0.2, 0.25) is 0 Å². The van der Waals surface area contributed by atoms with E-state index in [1.165, 1.54) is 5.56 Å². The van der Waals surface area contributed by atoms with Crippen LogP contribution in [0.5, 0.6) is 5.75 Å². The Balaban J connectivity index is 1.78. The molecule has 0 bridgehead atoms. The van der Waals surface area contributed by atoms with Crippen LogP contribution in [0.2, 0.25) is 0 Å². The van der Waals surface area contributed by atoms with Crippen molar-refractivity contribution in [1.82, 2.24) is 4.90 Å². The zero-order chi connectivity index (χ0) is 17.9. The highest BCUT2D eigenvalue weighted by Crippen LogP contribution is 2.13. The van der Waals surface area contributed by atoms with Crippen LogP contribution in [0.15, 0.2) is 54.6 Å². The number of hydrogen-bond acceptors (Lipinski definition) is 4. The van der Waals surface area contributed by atoms with Crippen LogP contribution in [0.3, 0.4) is 0 Å². The van der Waals surface area contributed by atoms with E-state index in [1.807, 2.05) is 42.5 Å². The van der Waals surface area contributed by atoms with Crippen LogP contribution >= 0.6 is 0 Å². The topological polar surface area (TPSA) is 41.9 Å². The molecule has 0 unspecified atom stereocenters. The Bertz CT molecular complexity index is 586. The van der Waals surface area contributed by atoms with Crippen LogP contribution < -0.4 is 4.74 Å². The van der Waals surface area contributed by atoms with Gasteiger partial charge >= 0.3 is 0 Å². The molecule has 0 spiro atoms. The van der Waals surface area contributed by atoms with Gasteiger partial charge in [-0.15, -0.1) is 0 Å². The molecule has 0 aliphatic rings. The van der Waals surface area contributed by atoms with Gasteiger partial charge in [0.25, 0.3) is 0 Å². The van der Waals surface area contributed by atoms with Crippen LogP contribution in [-0.4, -0.2) is 42.9 Å². The summed E-state index contributed by atoms with van der Waals surface area (Å²) >= 11 is 0. The summed E-state index contributed by atoms with van der Waals surface area (Å²) in [4.78, 5) is 2.26. The van der Waals surface area contributed by atoms with E-state index in [4.69, 9.17) is 9.47 Å². The lowest BCUT2D eigenvalue weighted by molar-refractivity contribution is 0.00856. The molecule has 0 saturated heterocycles. The van der Waals surface area contributed by atoms with Gasteiger partial charge in [-0.25, -0.2) is 0 Å². The first-order chi connectivity index (χ1) is 12.2. The summed E-state index contributed by atoms with van der Waals surface area (Å²) < 4.78 is 10.8. The fourth-order valence-electron chi connectivity index (χ4n) is 2.78. The summed E-state index contributed by atoms with van der Waals surface area (Å²) in [6, 6.07) is 18.1. The van der Waals surface area contributed by atoms with E-state index in [2.05, 4.69) is 24.0 Å². The number of aliphatic hydroxyl groups excluding tert-OH is 1. The maximum absolute atomic E-state index is 10.3. The lowest BCUT2D eigenvalue weighted by Crippen LogP contribution is -2.35. The van der Waals surface area contributed by atoms with Gasteiger partial charge in [-0.2, -0.15) is 0 Å². The first-order valence-electron chi connectivity index (χ1n) is 8.86. The number of aliphatic hydroxyl groups is 1. The Labute approximate surface area is 151 Å². The molecule has 2 aromatic carbocycles. The van der Waals surface area contributed by atoms with Crippen LogP contribution in [-0.2, 0) is 17.9 Å². The molecule has 4 heteroatoms. The van der Waals surface area contributed by atoms with Gasteiger partial charge in [0.05, 0.1) is 26.4 Å². The second-order valence-electron chi connectivity index (χ2n) is 6.24. The fraction of sp³-hybridized carbons (Fsp3) is 0.429. The summed E-state index contributed by atoms with van der Waals surface area (Å²) in [5.74, 6) is 0.861. The van der Waals surface area contributed by atoms with Crippen molar-refractivity contribution < 1.29 is 14.6 Å². The molecule has 2 aromatic rings. The second kappa shape index (κ2) is 10.9. The highest BCUT2D eigenvalue weighted by molar-refractivity contribution is 5.27. The molecule has 0 radical (unpaired) electrons. The standard InChI is InChI=1S/C21H29NO3/c1-3-13-22(14-18-9-11-21(24-2)12-10-18)15-20(23)17-25-16-19-7-5-4-6-8-19/h4-12,20,23H,3,13-17H2,1-2H3/t20-/m0/s1. The van der Waals surface area contributed by atoms with E-state index >= 15 is 0 Å². The average Bonchev–Trinajstić information content (AvgIpc) is 2.63. The van der Waals surface area contributed by atoms with E-state index in [0.29, 0.717) is 19.8 Å². The van der Waals surface area contributed by atoms with E-state index in [1.54, 1.807) is 7.11 Å². The summed E-state index contributed by atoms with van der Waals surface area (Å²) in [5, 5.41) is 10.3. The molecular weight excluding hydrogens is 314 g/mol. The predicted molar refractivity (Wildman–Crippen MR) is 101 cm³/mol. The Hall–Kier alpha value is -1.88. The molecule has 136 valence electrons. The normalized spacial score (nSPS) is 12.3. The van der Waals surface area contributed by atoms with Crippen molar-refractivity contribution in [3.05, 3.63) is 65.7 Å². The van der Waals surface area contributed by atoms with Gasteiger partial charge in [-0.05, 0) is 36.2 Å². The van der Waals surface area contributed by atoms with Crippen LogP contribution in [0, 0.1) is 0 Å². The predicted octanol–water partition coefficient (Wildman–Crippen LogP) is 3.48. The summed E-state index contributed by atoms with van der Waals surface area (Å²) in [5.41, 5.74) is 2.34. The van der Waals surface area contributed by atoms with Crippen LogP contribution in [0.1, 0.15) is 24.5 Å². The number of rotatable bonds is 11. The minimum Gasteiger partial charge on any atom is -0.497 e. The van der Waals surface area contributed by atoms with Crippen molar-refractivity contribution in [2.75, 3.05) is 26.8 Å². The third kappa shape index (κ3) is 7.26. The zero-order valence-electron chi connectivity index (χ0n) is 15.2. The number of nitrogens with zero attached hydrogens (tertiary/aromatic N) is 1. The number of hydrogen-bond donors (Lipinski definition) is 1. The Morgan fingerprint density at radius 2 is 1.72 bits per heavy atom. The molecule has 0 amide bonds. The van der Waals surface area contributed by atoms with Gasteiger partial charge in [-0.1, -0.05) is 49.4 Å². The fourth-order valence-corrected chi connectivity index (χ4v) is 2.78. The van der Waals surface area contributed by atoms with Crippen molar-refractivity contribution in [2.24, 2.45) is 0 Å². The molecule has 0 heterocycles. The van der Waals surface area contributed by atoms with Crippen molar-refractivity contribution in [2.45, 2.75) is 32.6 Å². The summed E-state index contributed by atoms with van der Waals surface area (Å²) in [6.45, 7) is 5.39. The molecule has 0 aliphatic heterocycles. The third-order valence-corrected chi connectivity index (χ3v) is 4.00. The van der Waals surface area contributed by atoms with Crippen LogP contribution in [0.25, 0.3) is 0 Å². The Kier molecular flexibility index (Phi) is 8.46. The molecule has 1 atom stereocenters. The average molecular weight is 343 g/mol. The highest BCUT2D eigenvalue weighted by Gasteiger charge is 2.12. The molecule has 0 aliphatic carbocycles. The van der Waals surface area contributed by atoms with Gasteiger partial charge < -0.3 is 14.6 Å². The third-order valence-electron chi connectivity index (χ3n) is 4.00. The van der Waals surface area contributed by atoms with Crippen LogP contribution in [0.4, 0.5) is 0 Å². The van der Waals surface area contributed by atoms with E-state index < -0.39 is 6.10 Å². The number of benzene rings is 2. The highest BCUT2D eigenvalue weighted by atomic mass is 16.5. The number of methoxy groups -OCH3 is 1. The van der Waals surface area contributed by atoms with Gasteiger partial charge in [-0.3, -0.25) is 4.90 Å². The maximum atomic E-state index is 10.3. The van der Waals surface area contributed by atoms with Gasteiger partial charge in [0.1, 0.15) is 5.75 Å². The molecule has 2 rings (SSSR count). The minimum absolute atomic E-state index is 0.345. The Morgan fingerprint density at radius 3 is 2.36 bits per heavy atom. The van der Waals surface area contributed by atoms with Gasteiger partial charge in [0, 0.05) is 13.1 Å². The molecule has 25 heavy (non-hydrogen) atoms. The molecule has 0 fully saturated rings. The quantitative estimate of drug-likeness (QED) is 0.678. The second-order valence-corrected chi connectivity index (χ2v) is 6.24. The van der Waals surface area contributed by atoms with E-state index in [-0.39, 0.29) is 0 Å². The molecular formula is C21H29NO3. The van der Waals surface area contributed by atoms with E-state index in [9.17, 15) is 5.11 Å². The summed E-state index contributed by atoms with van der Waals surface area (Å²) in [7, 11) is 1.67. The largest absolute Gasteiger partial charge is 0.497 e. The lowest BCUT2D eigenvalue weighted by atomic mass is 10.2. The van der Waals surface area contributed by atoms with Crippen molar-refractivity contribution in [3.8, 4) is 5.75 Å². The minimum atomic E-state index is -0.492. The lowest BCUT2D eigenvalue weighted by Gasteiger charge is -2.24. The zero-order valence-corrected chi connectivity index (χ0v) is 15.2. The molecule has 1 N–H and O–H groups in total. The maximum Gasteiger partial charge on any atom is 0.118 e. The molecule has 4 nitrogen and oxygen atoms in total. The van der Waals surface area contributed by atoms with E-state index in [0.717, 1.165) is 30.8 Å². The number of ether oxygens (including phenoxy) is 2. The van der Waals surface area contributed by atoms with Crippen molar-refractivity contribution in [3.63, 3.8) is 0 Å². The first-order valence-corrected chi connectivity index (χ1v) is 8.86. The van der Waals surface area contributed by atoms with Crippen molar-refractivity contribution in [1.29, 1.82) is 0 Å². The molecule has 0 saturated carbocycles. The Morgan fingerprint density at radius 1 is 1.00 bits per heavy atom. The van der Waals surface area contributed by atoms with Gasteiger partial charge in [0.15, 0.2) is 0 Å².